The number of nitrogens with zero attached hydrogens (tertiary/aromatic N) is 1. The highest BCUT2D eigenvalue weighted by atomic mass is 16.5. The fourth-order valence-corrected chi connectivity index (χ4v) is 10.7. The molecule has 1 aromatic heterocycles. The van der Waals surface area contributed by atoms with Crippen molar-refractivity contribution in [3.63, 3.8) is 0 Å². The van der Waals surface area contributed by atoms with Crippen LogP contribution in [-0.2, 0) is 16.1 Å². The minimum Gasteiger partial charge on any atom is -0.465 e. The van der Waals surface area contributed by atoms with E-state index in [0.29, 0.717) is 52.7 Å². The normalized spacial score (nSPS) is 40.7. The van der Waals surface area contributed by atoms with E-state index < -0.39 is 5.97 Å². The number of rotatable bonds is 9. The summed E-state index contributed by atoms with van der Waals surface area (Å²) in [6, 6.07) is 1.82. The standard InChI is InChI=1S/C34H54N2O5/c1-7-23-28-17-22(37)10-13-34(28,4)27-11-14-33(3)25(8-9-26(33)30(27)31(23)38)20(2)12-15-35-21-16-24(32(39)41-6)29(19-40-5)36-18-21/h16,18,20,22-23,25-28,30-31,35,37-38H,7-15,17,19H2,1-6H3/t20-,22-,23-,25-,26+,27+,28+,30+,31-,33-,34-/m1/s1. The lowest BCUT2D eigenvalue weighted by Crippen LogP contribution is -2.62. The summed E-state index contributed by atoms with van der Waals surface area (Å²) in [5, 5.41) is 26.0. The molecule has 41 heavy (non-hydrogen) atoms. The van der Waals surface area contributed by atoms with Gasteiger partial charge in [0, 0.05) is 13.7 Å². The molecule has 1 heterocycles. The van der Waals surface area contributed by atoms with Crippen LogP contribution < -0.4 is 5.32 Å². The number of ether oxygens (including phenoxy) is 2. The predicted octanol–water partition coefficient (Wildman–Crippen LogP) is 6.08. The molecule has 5 rings (SSSR count). The summed E-state index contributed by atoms with van der Waals surface area (Å²) >= 11 is 0. The van der Waals surface area contributed by atoms with Gasteiger partial charge in [0.05, 0.1) is 49.1 Å². The lowest BCUT2D eigenvalue weighted by molar-refractivity contribution is -0.203. The van der Waals surface area contributed by atoms with Crippen molar-refractivity contribution in [2.24, 2.45) is 52.3 Å². The van der Waals surface area contributed by atoms with E-state index in [9.17, 15) is 15.0 Å². The second-order valence-corrected chi connectivity index (χ2v) is 14.5. The smallest absolute Gasteiger partial charge is 0.339 e. The maximum Gasteiger partial charge on any atom is 0.339 e. The SMILES string of the molecule is CC[C@H]1[C@@H](O)[C@@H]2[C@H](CC[C@]3(C)[C@@H]([C@H](C)CCNc4cnc(COC)c(C(=O)OC)c4)CC[C@@H]23)[C@@]2(C)CC[C@@H](O)C[C@@H]12. The van der Waals surface area contributed by atoms with Crippen molar-refractivity contribution in [2.75, 3.05) is 26.1 Å². The molecule has 4 fully saturated rings. The van der Waals surface area contributed by atoms with E-state index in [1.54, 1.807) is 13.3 Å². The average molecular weight is 571 g/mol. The van der Waals surface area contributed by atoms with Gasteiger partial charge in [-0.05, 0) is 110 Å². The zero-order valence-electron chi connectivity index (χ0n) is 26.2. The number of aliphatic hydroxyl groups excluding tert-OH is 2. The zero-order valence-corrected chi connectivity index (χ0v) is 26.2. The Bertz CT molecular complexity index is 1080. The lowest BCUT2D eigenvalue weighted by Gasteiger charge is -2.64. The molecule has 0 aromatic carbocycles. The molecular formula is C34H54N2O5. The maximum atomic E-state index is 12.3. The van der Waals surface area contributed by atoms with E-state index in [-0.39, 0.29) is 29.6 Å². The molecule has 0 unspecified atom stereocenters. The van der Waals surface area contributed by atoms with Crippen LogP contribution in [-0.4, -0.2) is 54.1 Å². The third-order valence-corrected chi connectivity index (χ3v) is 12.7. The Hall–Kier alpha value is -1.70. The molecule has 4 aliphatic rings. The summed E-state index contributed by atoms with van der Waals surface area (Å²) in [6.45, 7) is 10.8. The van der Waals surface area contributed by atoms with Crippen LogP contribution in [0.25, 0.3) is 0 Å². The van der Waals surface area contributed by atoms with Crippen molar-refractivity contribution in [1.82, 2.24) is 4.98 Å². The van der Waals surface area contributed by atoms with Crippen molar-refractivity contribution in [3.8, 4) is 0 Å². The first-order valence-corrected chi connectivity index (χ1v) is 16.2. The molecule has 0 amide bonds. The molecule has 0 bridgehead atoms. The second-order valence-electron chi connectivity index (χ2n) is 14.5. The molecule has 7 nitrogen and oxygen atoms in total. The van der Waals surface area contributed by atoms with Crippen LogP contribution in [0.2, 0.25) is 0 Å². The summed E-state index contributed by atoms with van der Waals surface area (Å²) in [5.41, 5.74) is 2.35. The van der Waals surface area contributed by atoms with Crippen LogP contribution in [0.15, 0.2) is 12.3 Å². The first-order chi connectivity index (χ1) is 19.6. The summed E-state index contributed by atoms with van der Waals surface area (Å²) in [5.74, 6) is 3.09. The quantitative estimate of drug-likeness (QED) is 0.309. The zero-order chi connectivity index (χ0) is 29.5. The largest absolute Gasteiger partial charge is 0.465 e. The summed E-state index contributed by atoms with van der Waals surface area (Å²) in [6.07, 6.45) is 11.2. The highest BCUT2D eigenvalue weighted by Gasteiger charge is 2.64. The number of hydrogen-bond donors (Lipinski definition) is 3. The molecule has 4 saturated carbocycles. The van der Waals surface area contributed by atoms with Crippen LogP contribution in [0.5, 0.6) is 0 Å². The van der Waals surface area contributed by atoms with Gasteiger partial charge in [-0.1, -0.05) is 34.1 Å². The van der Waals surface area contributed by atoms with Crippen LogP contribution in [0.1, 0.15) is 102 Å². The number of pyridine rings is 1. The number of anilines is 1. The number of carbonyl (C=O) groups is 1. The molecule has 4 aliphatic carbocycles. The molecule has 0 radical (unpaired) electrons. The van der Waals surface area contributed by atoms with E-state index in [1.165, 1.54) is 32.8 Å². The third-order valence-electron chi connectivity index (χ3n) is 12.7. The van der Waals surface area contributed by atoms with Gasteiger partial charge in [-0.15, -0.1) is 0 Å². The van der Waals surface area contributed by atoms with Crippen molar-refractivity contribution >= 4 is 11.7 Å². The molecule has 3 N–H and O–H groups in total. The topological polar surface area (TPSA) is 101 Å². The Kier molecular flexibility index (Phi) is 9.09. The van der Waals surface area contributed by atoms with Crippen molar-refractivity contribution in [1.29, 1.82) is 0 Å². The van der Waals surface area contributed by atoms with Gasteiger partial charge in [0.1, 0.15) is 0 Å². The molecule has 0 spiro atoms. The summed E-state index contributed by atoms with van der Waals surface area (Å²) < 4.78 is 10.2. The number of aliphatic hydroxyl groups is 2. The minimum absolute atomic E-state index is 0.198. The van der Waals surface area contributed by atoms with Gasteiger partial charge in [0.15, 0.2) is 0 Å². The highest BCUT2D eigenvalue weighted by molar-refractivity contribution is 5.91. The van der Waals surface area contributed by atoms with Crippen LogP contribution >= 0.6 is 0 Å². The molecule has 0 aliphatic heterocycles. The van der Waals surface area contributed by atoms with Gasteiger partial charge < -0.3 is 25.0 Å². The van der Waals surface area contributed by atoms with E-state index in [4.69, 9.17) is 9.47 Å². The Labute approximate surface area is 247 Å². The van der Waals surface area contributed by atoms with Gasteiger partial charge >= 0.3 is 5.97 Å². The first kappa shape index (κ1) is 30.7. The number of hydrogen-bond acceptors (Lipinski definition) is 7. The predicted molar refractivity (Wildman–Crippen MR) is 160 cm³/mol. The fraction of sp³-hybridized carbons (Fsp3) is 0.824. The Balaban J connectivity index is 1.27. The molecule has 7 heteroatoms. The number of esters is 1. The number of fused-ring (bicyclic) bond motifs is 5. The van der Waals surface area contributed by atoms with Crippen LogP contribution in [0.4, 0.5) is 5.69 Å². The Morgan fingerprint density at radius 2 is 1.83 bits per heavy atom. The molecule has 11 atom stereocenters. The maximum absolute atomic E-state index is 12.3. The summed E-state index contributed by atoms with van der Waals surface area (Å²) in [7, 11) is 2.97. The second kappa shape index (κ2) is 12.1. The Morgan fingerprint density at radius 3 is 2.54 bits per heavy atom. The van der Waals surface area contributed by atoms with Gasteiger partial charge in [-0.3, -0.25) is 4.98 Å². The van der Waals surface area contributed by atoms with E-state index in [2.05, 4.69) is 38.0 Å². The average Bonchev–Trinajstić information content (AvgIpc) is 3.31. The number of aromatic nitrogens is 1. The van der Waals surface area contributed by atoms with Crippen molar-refractivity contribution in [3.05, 3.63) is 23.5 Å². The van der Waals surface area contributed by atoms with E-state index in [1.807, 2.05) is 6.07 Å². The first-order valence-electron chi connectivity index (χ1n) is 16.2. The number of methoxy groups -OCH3 is 2. The summed E-state index contributed by atoms with van der Waals surface area (Å²) in [4.78, 5) is 16.7. The van der Waals surface area contributed by atoms with Gasteiger partial charge in [0.25, 0.3) is 0 Å². The van der Waals surface area contributed by atoms with E-state index in [0.717, 1.165) is 44.3 Å². The monoisotopic (exact) mass is 570 g/mol. The van der Waals surface area contributed by atoms with Crippen molar-refractivity contribution in [2.45, 2.75) is 104 Å². The van der Waals surface area contributed by atoms with E-state index >= 15 is 0 Å². The van der Waals surface area contributed by atoms with Gasteiger partial charge in [0.2, 0.25) is 0 Å². The van der Waals surface area contributed by atoms with Gasteiger partial charge in [-0.25, -0.2) is 4.79 Å². The number of carbonyl (C=O) groups excluding carboxylic acids is 1. The molecule has 1 aromatic rings. The Morgan fingerprint density at radius 1 is 1.10 bits per heavy atom. The third kappa shape index (κ3) is 5.33. The lowest BCUT2D eigenvalue weighted by atomic mass is 9.41. The molecule has 0 saturated heterocycles. The van der Waals surface area contributed by atoms with Crippen LogP contribution in [0, 0.1) is 52.3 Å². The number of nitrogens with one attached hydrogen (secondary N) is 1. The minimum atomic E-state index is -0.401. The van der Waals surface area contributed by atoms with Crippen molar-refractivity contribution < 1.29 is 24.5 Å². The van der Waals surface area contributed by atoms with Crippen LogP contribution in [0.3, 0.4) is 0 Å². The molecular weight excluding hydrogens is 516 g/mol. The fourth-order valence-electron chi connectivity index (χ4n) is 10.7. The van der Waals surface area contributed by atoms with Gasteiger partial charge in [-0.2, -0.15) is 0 Å². The molecule has 230 valence electrons. The highest BCUT2D eigenvalue weighted by Crippen LogP contribution is 2.69.